The zero-order valence-corrected chi connectivity index (χ0v) is 13.9. The molecule has 2 aromatic carbocycles. The van der Waals surface area contributed by atoms with Gasteiger partial charge in [-0.1, -0.05) is 18.2 Å². The van der Waals surface area contributed by atoms with Gasteiger partial charge < -0.3 is 9.84 Å². The zero-order valence-electron chi connectivity index (χ0n) is 13.9. The molecule has 0 aliphatic heterocycles. The van der Waals surface area contributed by atoms with E-state index in [1.54, 1.807) is 37.3 Å². The minimum Gasteiger partial charge on any atom is -0.496 e. The number of aliphatic hydroxyl groups is 1. The Balaban J connectivity index is 2.00. The fraction of sp³-hybridized carbons (Fsp3) is 0.250. The third-order valence-corrected chi connectivity index (χ3v) is 4.87. The van der Waals surface area contributed by atoms with Crippen LogP contribution in [0.15, 0.2) is 30.3 Å². The largest absolute Gasteiger partial charge is 0.496 e. The van der Waals surface area contributed by atoms with Gasteiger partial charge in [0.15, 0.2) is 17.3 Å². The first kappa shape index (κ1) is 15.7. The maximum atomic E-state index is 13.1. The third kappa shape index (κ3) is 2.16. The monoisotopic (exact) mass is 336 g/mol. The first-order valence-electron chi connectivity index (χ1n) is 8.02. The lowest BCUT2D eigenvalue weighted by atomic mass is 9.73. The second-order valence-corrected chi connectivity index (χ2v) is 6.84. The standard InChI is InChI=1S/C20H16O5/c1-20(24)8-10-6-7-12-17(15(10)13(21)9-20)19(23)11-4-3-5-14(25-2)16(11)18(12)22/h3-7,24H,8-9H2,1-2H3/t20-/m1/s1. The van der Waals surface area contributed by atoms with Crippen LogP contribution < -0.4 is 4.74 Å². The van der Waals surface area contributed by atoms with Crippen LogP contribution in [-0.4, -0.2) is 35.2 Å². The summed E-state index contributed by atoms with van der Waals surface area (Å²) in [6.45, 7) is 1.60. The molecule has 1 atom stereocenters. The van der Waals surface area contributed by atoms with E-state index >= 15 is 0 Å². The van der Waals surface area contributed by atoms with E-state index in [2.05, 4.69) is 0 Å². The Bertz CT molecular complexity index is 968. The Labute approximate surface area is 144 Å². The molecular formula is C20H16O5. The van der Waals surface area contributed by atoms with Gasteiger partial charge in [0.1, 0.15) is 5.75 Å². The smallest absolute Gasteiger partial charge is 0.198 e. The van der Waals surface area contributed by atoms with Gasteiger partial charge in [0.25, 0.3) is 0 Å². The van der Waals surface area contributed by atoms with E-state index < -0.39 is 5.60 Å². The summed E-state index contributed by atoms with van der Waals surface area (Å²) < 4.78 is 5.23. The average Bonchev–Trinajstić information content (AvgIpc) is 2.57. The van der Waals surface area contributed by atoms with Gasteiger partial charge in [-0.25, -0.2) is 0 Å². The van der Waals surface area contributed by atoms with Crippen LogP contribution in [0.2, 0.25) is 0 Å². The Kier molecular flexibility index (Phi) is 3.21. The average molecular weight is 336 g/mol. The normalized spacial score (nSPS) is 21.5. The molecule has 2 aliphatic carbocycles. The van der Waals surface area contributed by atoms with E-state index in [1.165, 1.54) is 7.11 Å². The van der Waals surface area contributed by atoms with E-state index in [0.29, 0.717) is 11.3 Å². The molecule has 4 rings (SSSR count). The molecule has 0 saturated heterocycles. The Morgan fingerprint density at radius 1 is 0.920 bits per heavy atom. The molecule has 126 valence electrons. The van der Waals surface area contributed by atoms with Gasteiger partial charge in [-0.2, -0.15) is 0 Å². The number of hydrogen-bond donors (Lipinski definition) is 1. The van der Waals surface area contributed by atoms with Crippen molar-refractivity contribution in [1.82, 2.24) is 0 Å². The van der Waals surface area contributed by atoms with E-state index in [1.807, 2.05) is 0 Å². The number of carbonyl (C=O) groups excluding carboxylic acids is 3. The SMILES string of the molecule is COc1cccc2c1C(=O)c1ccc3c(c1C2=O)C(=O)C[C@](C)(O)C3. The molecule has 5 heteroatoms. The van der Waals surface area contributed by atoms with Crippen molar-refractivity contribution in [3.63, 3.8) is 0 Å². The van der Waals surface area contributed by atoms with Gasteiger partial charge in [-0.05, 0) is 24.6 Å². The predicted octanol–water partition coefficient (Wildman–Crippen LogP) is 2.35. The van der Waals surface area contributed by atoms with E-state index in [0.717, 1.165) is 0 Å². The summed E-state index contributed by atoms with van der Waals surface area (Å²) in [5.41, 5.74) is 0.595. The maximum Gasteiger partial charge on any atom is 0.198 e. The number of methoxy groups -OCH3 is 1. The van der Waals surface area contributed by atoms with E-state index in [-0.39, 0.29) is 58.0 Å². The minimum atomic E-state index is -1.14. The molecule has 1 N–H and O–H groups in total. The lowest BCUT2D eigenvalue weighted by Crippen LogP contribution is -2.37. The van der Waals surface area contributed by atoms with Crippen LogP contribution in [0.5, 0.6) is 5.75 Å². The van der Waals surface area contributed by atoms with Gasteiger partial charge in [-0.15, -0.1) is 0 Å². The summed E-state index contributed by atoms with van der Waals surface area (Å²) in [5.74, 6) is -0.644. The third-order valence-electron chi connectivity index (χ3n) is 4.87. The summed E-state index contributed by atoms with van der Waals surface area (Å²) in [5, 5.41) is 10.3. The highest BCUT2D eigenvalue weighted by molar-refractivity contribution is 6.32. The summed E-state index contributed by atoms with van der Waals surface area (Å²) in [6.07, 6.45) is 0.205. The molecule has 0 saturated carbocycles. The Hall–Kier alpha value is -2.79. The van der Waals surface area contributed by atoms with E-state index in [4.69, 9.17) is 4.74 Å². The molecule has 0 heterocycles. The topological polar surface area (TPSA) is 80.7 Å². The Morgan fingerprint density at radius 3 is 2.32 bits per heavy atom. The second-order valence-electron chi connectivity index (χ2n) is 6.84. The molecule has 2 aliphatic rings. The van der Waals surface area contributed by atoms with Crippen LogP contribution in [0.25, 0.3) is 0 Å². The highest BCUT2D eigenvalue weighted by Crippen LogP contribution is 2.38. The first-order chi connectivity index (χ1) is 11.8. The quantitative estimate of drug-likeness (QED) is 0.738. The maximum absolute atomic E-state index is 13.1. The number of rotatable bonds is 1. The molecule has 5 nitrogen and oxygen atoms in total. The zero-order chi connectivity index (χ0) is 17.9. The fourth-order valence-corrected chi connectivity index (χ4v) is 3.84. The minimum absolute atomic E-state index is 0.0666. The lowest BCUT2D eigenvalue weighted by molar-refractivity contribution is 0.0409. The summed E-state index contributed by atoms with van der Waals surface area (Å²) in [4.78, 5) is 38.7. The highest BCUT2D eigenvalue weighted by Gasteiger charge is 2.40. The fourth-order valence-electron chi connectivity index (χ4n) is 3.84. The van der Waals surface area contributed by atoms with Crippen molar-refractivity contribution in [2.45, 2.75) is 25.4 Å². The molecular weight excluding hydrogens is 320 g/mol. The molecule has 0 spiro atoms. The number of fused-ring (bicyclic) bond motifs is 4. The van der Waals surface area contributed by atoms with Crippen molar-refractivity contribution in [2.75, 3.05) is 7.11 Å². The molecule has 0 aromatic heterocycles. The van der Waals surface area contributed by atoms with Gasteiger partial charge in [0, 0.05) is 35.1 Å². The van der Waals surface area contributed by atoms with Crippen LogP contribution in [-0.2, 0) is 6.42 Å². The molecule has 2 aromatic rings. The van der Waals surface area contributed by atoms with Crippen molar-refractivity contribution in [3.05, 3.63) is 63.7 Å². The van der Waals surface area contributed by atoms with Crippen molar-refractivity contribution in [2.24, 2.45) is 0 Å². The van der Waals surface area contributed by atoms with Crippen LogP contribution in [0, 0.1) is 0 Å². The van der Waals surface area contributed by atoms with Crippen LogP contribution in [0.1, 0.15) is 61.1 Å². The number of hydrogen-bond acceptors (Lipinski definition) is 5. The van der Waals surface area contributed by atoms with Gasteiger partial charge in [0.05, 0.1) is 18.3 Å². The number of benzene rings is 2. The van der Waals surface area contributed by atoms with Crippen LogP contribution in [0.4, 0.5) is 0 Å². The van der Waals surface area contributed by atoms with Crippen LogP contribution in [0.3, 0.4) is 0 Å². The first-order valence-corrected chi connectivity index (χ1v) is 8.02. The lowest BCUT2D eigenvalue weighted by Gasteiger charge is -2.31. The number of ether oxygens (including phenoxy) is 1. The van der Waals surface area contributed by atoms with Crippen molar-refractivity contribution in [1.29, 1.82) is 0 Å². The summed E-state index contributed by atoms with van der Waals surface area (Å²) in [7, 11) is 1.45. The summed E-state index contributed by atoms with van der Waals surface area (Å²) in [6, 6.07) is 8.08. The molecule has 25 heavy (non-hydrogen) atoms. The van der Waals surface area contributed by atoms with Crippen molar-refractivity contribution < 1.29 is 24.2 Å². The van der Waals surface area contributed by atoms with E-state index in [9.17, 15) is 19.5 Å². The second kappa shape index (κ2) is 5.10. The van der Waals surface area contributed by atoms with Crippen molar-refractivity contribution >= 4 is 17.3 Å². The number of Topliss-reactive ketones (excluding diaryl/α,β-unsaturated/α-hetero) is 1. The molecule has 0 fully saturated rings. The molecule has 0 unspecified atom stereocenters. The Morgan fingerprint density at radius 2 is 1.60 bits per heavy atom. The molecule has 0 radical (unpaired) electrons. The predicted molar refractivity (Wildman–Crippen MR) is 89.6 cm³/mol. The molecule has 0 amide bonds. The van der Waals surface area contributed by atoms with Crippen LogP contribution >= 0.6 is 0 Å². The number of ketones is 3. The van der Waals surface area contributed by atoms with Crippen molar-refractivity contribution in [3.8, 4) is 5.75 Å². The molecule has 0 bridgehead atoms. The van der Waals surface area contributed by atoms with Gasteiger partial charge >= 0.3 is 0 Å². The van der Waals surface area contributed by atoms with Gasteiger partial charge in [0.2, 0.25) is 0 Å². The number of carbonyl (C=O) groups is 3. The highest BCUT2D eigenvalue weighted by atomic mass is 16.5. The summed E-state index contributed by atoms with van der Waals surface area (Å²) >= 11 is 0. The van der Waals surface area contributed by atoms with Gasteiger partial charge in [-0.3, -0.25) is 14.4 Å².